The van der Waals surface area contributed by atoms with Crippen molar-refractivity contribution in [1.29, 1.82) is 0 Å². The van der Waals surface area contributed by atoms with Crippen LogP contribution in [0.1, 0.15) is 24.0 Å². The molecule has 0 radical (unpaired) electrons. The number of halogens is 5. The highest BCUT2D eigenvalue weighted by Crippen LogP contribution is 2.33. The molecular weight excluding hydrogens is 585 g/mol. The Morgan fingerprint density at radius 3 is 2.34 bits per heavy atom. The summed E-state index contributed by atoms with van der Waals surface area (Å²) in [7, 11) is 1.58. The van der Waals surface area contributed by atoms with Gasteiger partial charge in [0.2, 0.25) is 11.9 Å². The van der Waals surface area contributed by atoms with Crippen molar-refractivity contribution < 1.29 is 31.5 Å². The monoisotopic (exact) mass is 611 g/mol. The number of nitrogens with one attached hydrogen (secondary N) is 3. The van der Waals surface area contributed by atoms with E-state index in [1.54, 1.807) is 30.1 Å². The van der Waals surface area contributed by atoms with E-state index in [0.29, 0.717) is 36.5 Å². The summed E-state index contributed by atoms with van der Waals surface area (Å²) in [6, 6.07) is 12.4. The van der Waals surface area contributed by atoms with Crippen LogP contribution in [-0.2, 0) is 11.0 Å². The van der Waals surface area contributed by atoms with Gasteiger partial charge in [-0.3, -0.25) is 4.79 Å². The van der Waals surface area contributed by atoms with Crippen molar-refractivity contribution in [3.8, 4) is 0 Å². The Morgan fingerprint density at radius 2 is 1.66 bits per heavy atom. The SMILES string of the molecule is Cc1ccc(Nc2ncc(F)c(N(C)c3ccc(NC(=O)Nc4cc(F)cc(C(F)(F)F)c4)cc3)n2)cc1N1CCCC1=O. The molecule has 3 N–H and O–H groups in total. The molecule has 0 aliphatic carbocycles. The van der Waals surface area contributed by atoms with E-state index in [0.717, 1.165) is 29.9 Å². The van der Waals surface area contributed by atoms with Crippen molar-refractivity contribution >= 4 is 52.1 Å². The van der Waals surface area contributed by atoms with Crippen molar-refractivity contribution in [2.75, 3.05) is 39.3 Å². The molecule has 1 fully saturated rings. The molecule has 0 spiro atoms. The Balaban J connectivity index is 1.26. The summed E-state index contributed by atoms with van der Waals surface area (Å²) in [5.74, 6) is -1.72. The number of hydrogen-bond donors (Lipinski definition) is 3. The van der Waals surface area contributed by atoms with E-state index in [9.17, 15) is 31.5 Å². The second kappa shape index (κ2) is 12.1. The second-order valence-electron chi connectivity index (χ2n) is 10.1. The van der Waals surface area contributed by atoms with E-state index in [2.05, 4.69) is 25.9 Å². The van der Waals surface area contributed by atoms with Crippen LogP contribution < -0.4 is 25.8 Å². The first-order valence-electron chi connectivity index (χ1n) is 13.4. The molecule has 3 aromatic carbocycles. The van der Waals surface area contributed by atoms with Gasteiger partial charge < -0.3 is 25.8 Å². The minimum Gasteiger partial charge on any atom is -0.327 e. The largest absolute Gasteiger partial charge is 0.416 e. The fourth-order valence-electron chi connectivity index (χ4n) is 4.67. The molecule has 0 unspecified atom stereocenters. The van der Waals surface area contributed by atoms with Gasteiger partial charge in [0.1, 0.15) is 5.82 Å². The number of carbonyl (C=O) groups excluding carboxylic acids is 2. The summed E-state index contributed by atoms with van der Waals surface area (Å²) in [6.07, 6.45) is -2.47. The Hall–Kier alpha value is -5.27. The number of anilines is 7. The third-order valence-corrected chi connectivity index (χ3v) is 6.87. The maximum absolute atomic E-state index is 14.8. The number of nitrogens with zero attached hydrogens (tertiary/aromatic N) is 4. The number of urea groups is 1. The van der Waals surface area contributed by atoms with Gasteiger partial charge in [-0.15, -0.1) is 0 Å². The van der Waals surface area contributed by atoms with Crippen LogP contribution in [0.3, 0.4) is 0 Å². The fourth-order valence-corrected chi connectivity index (χ4v) is 4.67. The molecule has 228 valence electrons. The number of hydrogen-bond acceptors (Lipinski definition) is 6. The van der Waals surface area contributed by atoms with Gasteiger partial charge in [0.15, 0.2) is 11.6 Å². The van der Waals surface area contributed by atoms with Crippen LogP contribution in [0.5, 0.6) is 0 Å². The predicted molar refractivity (Wildman–Crippen MR) is 157 cm³/mol. The lowest BCUT2D eigenvalue weighted by Gasteiger charge is -2.21. The van der Waals surface area contributed by atoms with Crippen molar-refractivity contribution in [1.82, 2.24) is 9.97 Å². The maximum atomic E-state index is 14.8. The molecule has 4 aromatic rings. The number of amides is 3. The first kappa shape index (κ1) is 30.2. The van der Waals surface area contributed by atoms with Crippen LogP contribution in [0.2, 0.25) is 0 Å². The minimum absolute atomic E-state index is 0.0467. The predicted octanol–water partition coefficient (Wildman–Crippen LogP) is 7.36. The summed E-state index contributed by atoms with van der Waals surface area (Å²) in [6.45, 7) is 2.55. The van der Waals surface area contributed by atoms with Crippen LogP contribution in [-0.4, -0.2) is 35.5 Å². The Labute approximate surface area is 248 Å². The molecule has 0 atom stereocenters. The average Bonchev–Trinajstić information content (AvgIpc) is 3.39. The van der Waals surface area contributed by atoms with Gasteiger partial charge in [0.05, 0.1) is 11.8 Å². The molecule has 3 amide bonds. The van der Waals surface area contributed by atoms with Gasteiger partial charge in [0, 0.05) is 48.5 Å². The zero-order valence-electron chi connectivity index (χ0n) is 23.5. The van der Waals surface area contributed by atoms with Gasteiger partial charge >= 0.3 is 12.2 Å². The zero-order valence-corrected chi connectivity index (χ0v) is 23.5. The van der Waals surface area contributed by atoms with E-state index in [4.69, 9.17) is 0 Å². The first-order valence-corrected chi connectivity index (χ1v) is 13.4. The van der Waals surface area contributed by atoms with Crippen LogP contribution in [0.15, 0.2) is 66.9 Å². The lowest BCUT2D eigenvalue weighted by atomic mass is 10.1. The van der Waals surface area contributed by atoms with E-state index >= 15 is 0 Å². The molecule has 1 aliphatic heterocycles. The lowest BCUT2D eigenvalue weighted by molar-refractivity contribution is -0.137. The third kappa shape index (κ3) is 6.85. The Morgan fingerprint density at radius 1 is 0.955 bits per heavy atom. The number of alkyl halides is 3. The Kier molecular flexibility index (Phi) is 8.34. The molecule has 0 bridgehead atoms. The molecule has 1 saturated heterocycles. The van der Waals surface area contributed by atoms with Crippen LogP contribution in [0, 0.1) is 18.6 Å². The molecule has 14 heteroatoms. The molecule has 0 saturated carbocycles. The minimum atomic E-state index is -4.78. The highest BCUT2D eigenvalue weighted by atomic mass is 19.4. The van der Waals surface area contributed by atoms with Crippen LogP contribution in [0.4, 0.5) is 66.9 Å². The van der Waals surface area contributed by atoms with Crippen LogP contribution in [0.25, 0.3) is 0 Å². The number of rotatable bonds is 7. The first-order chi connectivity index (χ1) is 20.9. The summed E-state index contributed by atoms with van der Waals surface area (Å²) in [5.41, 5.74) is 1.48. The quantitative estimate of drug-likeness (QED) is 0.189. The third-order valence-electron chi connectivity index (χ3n) is 6.87. The molecule has 1 aliphatic rings. The average molecular weight is 612 g/mol. The summed E-state index contributed by atoms with van der Waals surface area (Å²) in [4.78, 5) is 36.1. The molecular formula is C30H26F5N7O2. The van der Waals surface area contributed by atoms with Gasteiger partial charge in [-0.1, -0.05) is 6.07 Å². The molecule has 9 nitrogen and oxygen atoms in total. The van der Waals surface area contributed by atoms with Gasteiger partial charge in [0.25, 0.3) is 0 Å². The van der Waals surface area contributed by atoms with E-state index in [1.165, 1.54) is 17.0 Å². The lowest BCUT2D eigenvalue weighted by Crippen LogP contribution is -2.24. The smallest absolute Gasteiger partial charge is 0.327 e. The highest BCUT2D eigenvalue weighted by molar-refractivity contribution is 6.00. The van der Waals surface area contributed by atoms with Gasteiger partial charge in [-0.2, -0.15) is 18.2 Å². The number of benzene rings is 3. The normalized spacial score (nSPS) is 13.2. The molecule has 44 heavy (non-hydrogen) atoms. The fraction of sp³-hybridized carbons (Fsp3) is 0.200. The van der Waals surface area contributed by atoms with Crippen molar-refractivity contribution in [3.05, 3.63) is 89.6 Å². The second-order valence-corrected chi connectivity index (χ2v) is 10.1. The molecule has 5 rings (SSSR count). The number of carbonyl (C=O) groups is 2. The molecule has 2 heterocycles. The number of aromatic nitrogens is 2. The summed E-state index contributed by atoms with van der Waals surface area (Å²) in [5, 5.41) is 7.67. The standard InChI is InChI=1S/C30H26F5N7O2/c1-17-5-6-21(15-25(17)42-11-3-4-26(42)43)37-28-36-16-24(32)27(40-28)41(2)23-9-7-20(8-10-23)38-29(44)39-22-13-18(30(33,34)35)12-19(31)14-22/h5-10,12-16H,3-4,11H2,1-2H3,(H,36,37,40)(H2,38,39,44). The van der Waals surface area contributed by atoms with E-state index in [-0.39, 0.29) is 29.0 Å². The van der Waals surface area contributed by atoms with E-state index < -0.39 is 29.4 Å². The van der Waals surface area contributed by atoms with Crippen molar-refractivity contribution in [2.45, 2.75) is 25.9 Å². The van der Waals surface area contributed by atoms with Gasteiger partial charge in [-0.25, -0.2) is 18.6 Å². The summed E-state index contributed by atoms with van der Waals surface area (Å²) >= 11 is 0. The highest BCUT2D eigenvalue weighted by Gasteiger charge is 2.31. The van der Waals surface area contributed by atoms with Crippen molar-refractivity contribution in [2.24, 2.45) is 0 Å². The topological polar surface area (TPSA) is 102 Å². The van der Waals surface area contributed by atoms with Crippen LogP contribution >= 0.6 is 0 Å². The van der Waals surface area contributed by atoms with E-state index in [1.807, 2.05) is 19.1 Å². The maximum Gasteiger partial charge on any atom is 0.416 e. The summed E-state index contributed by atoms with van der Waals surface area (Å²) < 4.78 is 67.3. The zero-order chi connectivity index (χ0) is 31.6. The Bertz CT molecular complexity index is 1710. The van der Waals surface area contributed by atoms with Crippen molar-refractivity contribution in [3.63, 3.8) is 0 Å². The molecule has 1 aromatic heterocycles. The number of aryl methyl sites for hydroxylation is 1. The van der Waals surface area contributed by atoms with Gasteiger partial charge in [-0.05, 0) is 73.5 Å².